The van der Waals surface area contributed by atoms with Gasteiger partial charge in [-0.3, -0.25) is 9.69 Å². The first kappa shape index (κ1) is 17.5. The first-order chi connectivity index (χ1) is 13.6. The number of thiophene rings is 1. The van der Waals surface area contributed by atoms with Crippen molar-refractivity contribution in [1.82, 2.24) is 9.80 Å². The Hall–Kier alpha value is -2.64. The van der Waals surface area contributed by atoms with E-state index in [9.17, 15) is 9.59 Å². The molecule has 0 spiro atoms. The fourth-order valence-electron chi connectivity index (χ4n) is 4.03. The molecule has 2 aliphatic rings. The second-order valence-corrected chi connectivity index (χ2v) is 8.28. The third-order valence-corrected chi connectivity index (χ3v) is 6.70. The topological polar surface area (TPSA) is 63.0 Å². The lowest BCUT2D eigenvalue weighted by Crippen LogP contribution is -2.61. The van der Waals surface area contributed by atoms with Crippen LogP contribution in [0.1, 0.15) is 20.8 Å². The van der Waals surface area contributed by atoms with Gasteiger partial charge in [0, 0.05) is 42.5 Å². The van der Waals surface area contributed by atoms with E-state index in [0.717, 1.165) is 19.5 Å². The van der Waals surface area contributed by atoms with Gasteiger partial charge in [-0.05, 0) is 35.6 Å². The summed E-state index contributed by atoms with van der Waals surface area (Å²) in [5.74, 6) is 0.221. The van der Waals surface area contributed by atoms with Crippen LogP contribution in [0.4, 0.5) is 0 Å². The Morgan fingerprint density at radius 1 is 1.29 bits per heavy atom. The molecule has 0 saturated carbocycles. The van der Waals surface area contributed by atoms with E-state index >= 15 is 0 Å². The van der Waals surface area contributed by atoms with Crippen LogP contribution < -0.4 is 10.4 Å². The van der Waals surface area contributed by atoms with Gasteiger partial charge in [-0.15, -0.1) is 11.3 Å². The predicted octanol–water partition coefficient (Wildman–Crippen LogP) is 2.75. The van der Waals surface area contributed by atoms with Gasteiger partial charge in [-0.25, -0.2) is 4.79 Å². The Bertz CT molecular complexity index is 1110. The fourth-order valence-corrected chi connectivity index (χ4v) is 4.92. The highest BCUT2D eigenvalue weighted by atomic mass is 32.1. The van der Waals surface area contributed by atoms with E-state index in [1.807, 2.05) is 23.5 Å². The molecule has 7 heteroatoms. The van der Waals surface area contributed by atoms with Crippen LogP contribution in [-0.4, -0.2) is 48.5 Å². The predicted molar refractivity (Wildman–Crippen MR) is 107 cm³/mol. The van der Waals surface area contributed by atoms with Crippen molar-refractivity contribution < 1.29 is 13.9 Å². The van der Waals surface area contributed by atoms with Gasteiger partial charge in [0.1, 0.15) is 5.56 Å². The van der Waals surface area contributed by atoms with E-state index in [0.29, 0.717) is 35.9 Å². The van der Waals surface area contributed by atoms with Gasteiger partial charge in [0.15, 0.2) is 11.3 Å². The summed E-state index contributed by atoms with van der Waals surface area (Å²) in [4.78, 5) is 30.9. The minimum absolute atomic E-state index is 0.0815. The van der Waals surface area contributed by atoms with Gasteiger partial charge in [0.05, 0.1) is 7.11 Å². The zero-order valence-electron chi connectivity index (χ0n) is 15.5. The number of fused-ring (bicyclic) bond motifs is 2. The van der Waals surface area contributed by atoms with E-state index in [4.69, 9.17) is 9.15 Å². The van der Waals surface area contributed by atoms with Crippen molar-refractivity contribution >= 4 is 28.2 Å². The van der Waals surface area contributed by atoms with Crippen LogP contribution in [0.5, 0.6) is 5.75 Å². The molecule has 1 aromatic carbocycles. The van der Waals surface area contributed by atoms with Crippen molar-refractivity contribution in [3.63, 3.8) is 0 Å². The Morgan fingerprint density at radius 2 is 2.14 bits per heavy atom. The lowest BCUT2D eigenvalue weighted by Gasteiger charge is -2.46. The minimum Gasteiger partial charge on any atom is -0.493 e. The summed E-state index contributed by atoms with van der Waals surface area (Å²) < 4.78 is 10.6. The Kier molecular flexibility index (Phi) is 4.21. The number of carbonyl (C=O) groups excluding carboxylic acids is 1. The van der Waals surface area contributed by atoms with Crippen LogP contribution >= 0.6 is 11.3 Å². The summed E-state index contributed by atoms with van der Waals surface area (Å²) >= 11 is 1.83. The molecule has 5 rings (SSSR count). The highest BCUT2D eigenvalue weighted by molar-refractivity contribution is 7.10. The molecule has 6 nitrogen and oxygen atoms in total. The summed E-state index contributed by atoms with van der Waals surface area (Å²) in [6.07, 6.45) is 1.08. The molecule has 28 heavy (non-hydrogen) atoms. The van der Waals surface area contributed by atoms with E-state index in [1.165, 1.54) is 17.6 Å². The summed E-state index contributed by atoms with van der Waals surface area (Å²) in [5.41, 5.74) is 1.24. The number of carbonyl (C=O) groups is 1. The third kappa shape index (κ3) is 2.82. The average Bonchev–Trinajstić information content (AvgIpc) is 3.13. The maximum atomic E-state index is 12.8. The molecule has 2 aromatic heterocycles. The monoisotopic (exact) mass is 396 g/mol. The van der Waals surface area contributed by atoms with Crippen LogP contribution in [0, 0.1) is 0 Å². The number of benzene rings is 1. The number of nitrogens with zero attached hydrogens (tertiary/aromatic N) is 2. The number of para-hydroxylation sites is 1. The van der Waals surface area contributed by atoms with Crippen molar-refractivity contribution in [1.29, 1.82) is 0 Å². The highest BCUT2D eigenvalue weighted by Crippen LogP contribution is 2.29. The molecule has 144 valence electrons. The zero-order chi connectivity index (χ0) is 19.3. The highest BCUT2D eigenvalue weighted by Gasteiger charge is 2.37. The molecular formula is C21H20N2O4S. The maximum absolute atomic E-state index is 12.8. The SMILES string of the molecule is COc1cccc2cc(C(=O)N3CC(N4CCc5sccc5C4)C3)c(=O)oc12. The minimum atomic E-state index is -0.619. The number of amides is 1. The molecule has 0 bridgehead atoms. The maximum Gasteiger partial charge on any atom is 0.349 e. The quantitative estimate of drug-likeness (QED) is 0.637. The van der Waals surface area contributed by atoms with Crippen molar-refractivity contribution in [2.45, 2.75) is 19.0 Å². The van der Waals surface area contributed by atoms with Crippen molar-refractivity contribution in [2.75, 3.05) is 26.7 Å². The van der Waals surface area contributed by atoms with Crippen LogP contribution in [0.25, 0.3) is 11.0 Å². The van der Waals surface area contributed by atoms with Crippen molar-refractivity contribution in [3.8, 4) is 5.75 Å². The molecule has 3 aromatic rings. The summed E-state index contributed by atoms with van der Waals surface area (Å²) in [5, 5.41) is 2.83. The first-order valence-corrected chi connectivity index (χ1v) is 10.2. The molecular weight excluding hydrogens is 376 g/mol. The Morgan fingerprint density at radius 3 is 2.96 bits per heavy atom. The molecule has 0 atom stereocenters. The summed E-state index contributed by atoms with van der Waals surface area (Å²) in [6.45, 7) is 3.27. The molecule has 0 N–H and O–H groups in total. The Balaban J connectivity index is 1.32. The number of rotatable bonds is 3. The van der Waals surface area contributed by atoms with E-state index in [1.54, 1.807) is 17.0 Å². The second-order valence-electron chi connectivity index (χ2n) is 7.28. The number of likely N-dealkylation sites (tertiary alicyclic amines) is 1. The average molecular weight is 396 g/mol. The number of hydrogen-bond acceptors (Lipinski definition) is 6. The Labute approximate surface area is 165 Å². The molecule has 4 heterocycles. The van der Waals surface area contributed by atoms with Crippen LogP contribution in [0.2, 0.25) is 0 Å². The molecule has 1 fully saturated rings. The summed E-state index contributed by atoms with van der Waals surface area (Å²) in [7, 11) is 1.52. The van der Waals surface area contributed by atoms with E-state index in [2.05, 4.69) is 16.3 Å². The number of hydrogen-bond donors (Lipinski definition) is 0. The molecule has 1 saturated heterocycles. The smallest absolute Gasteiger partial charge is 0.349 e. The zero-order valence-corrected chi connectivity index (χ0v) is 16.3. The van der Waals surface area contributed by atoms with Gasteiger partial charge in [0.2, 0.25) is 0 Å². The lowest BCUT2D eigenvalue weighted by atomic mass is 10.0. The molecule has 0 unspecified atom stereocenters. The molecule has 2 aliphatic heterocycles. The largest absolute Gasteiger partial charge is 0.493 e. The summed E-state index contributed by atoms with van der Waals surface area (Å²) in [6, 6.07) is 9.50. The van der Waals surface area contributed by atoms with E-state index < -0.39 is 5.63 Å². The second kappa shape index (κ2) is 6.76. The first-order valence-electron chi connectivity index (χ1n) is 9.33. The van der Waals surface area contributed by atoms with Gasteiger partial charge >= 0.3 is 5.63 Å². The van der Waals surface area contributed by atoms with Crippen LogP contribution in [0.3, 0.4) is 0 Å². The van der Waals surface area contributed by atoms with Gasteiger partial charge in [-0.1, -0.05) is 12.1 Å². The number of methoxy groups -OCH3 is 1. The van der Waals surface area contributed by atoms with Gasteiger partial charge in [0.25, 0.3) is 5.91 Å². The fraction of sp³-hybridized carbons (Fsp3) is 0.333. The van der Waals surface area contributed by atoms with Crippen LogP contribution in [0.15, 0.2) is 44.9 Å². The third-order valence-electron chi connectivity index (χ3n) is 5.68. The lowest BCUT2D eigenvalue weighted by molar-refractivity contribution is 0.0218. The molecule has 0 aliphatic carbocycles. The van der Waals surface area contributed by atoms with E-state index in [-0.39, 0.29) is 11.5 Å². The number of ether oxygens (including phenoxy) is 1. The normalized spacial score (nSPS) is 17.4. The van der Waals surface area contributed by atoms with Gasteiger partial charge in [-0.2, -0.15) is 0 Å². The van der Waals surface area contributed by atoms with Crippen molar-refractivity contribution in [2.24, 2.45) is 0 Å². The van der Waals surface area contributed by atoms with Crippen LogP contribution in [-0.2, 0) is 13.0 Å². The van der Waals surface area contributed by atoms with Crippen molar-refractivity contribution in [3.05, 3.63) is 62.1 Å². The standard InChI is InChI=1S/C21H20N2O4S/c1-26-17-4-2-3-13-9-16(21(25)27-19(13)17)20(24)23-11-15(12-23)22-7-5-18-14(10-22)6-8-28-18/h2-4,6,8-9,15H,5,7,10-12H2,1H3. The van der Waals surface area contributed by atoms with Gasteiger partial charge < -0.3 is 14.1 Å². The molecule has 1 amide bonds. The molecule has 0 radical (unpaired) electrons.